The molecule has 0 aromatic rings. The third kappa shape index (κ3) is 4.37. The zero-order chi connectivity index (χ0) is 33.7. The average Bonchev–Trinajstić information content (AvgIpc) is 3.83. The number of esters is 4. The molecule has 4 saturated carbocycles. The molecule has 0 unspecified atom stereocenters. The smallest absolute Gasteiger partial charge is 0.327 e. The molecule has 4 fully saturated rings. The second kappa shape index (κ2) is 12.6. The highest BCUT2D eigenvalue weighted by Gasteiger charge is 2.69. The fourth-order valence-electron chi connectivity index (χ4n) is 9.67. The van der Waals surface area contributed by atoms with Crippen LogP contribution in [0.2, 0.25) is 0 Å². The molecule has 0 amide bonds. The number of carbonyl (C=O) groups excluding carboxylic acids is 6. The van der Waals surface area contributed by atoms with Crippen molar-refractivity contribution in [1.29, 1.82) is 0 Å². The minimum atomic E-state index is -1.50. The number of ether oxygens (including phenoxy) is 4. The van der Waals surface area contributed by atoms with Crippen LogP contribution in [-0.4, -0.2) is 63.9 Å². The molecule has 0 heterocycles. The van der Waals surface area contributed by atoms with Gasteiger partial charge in [-0.25, -0.2) is 0 Å². The maximum absolute atomic E-state index is 12.6. The van der Waals surface area contributed by atoms with Crippen LogP contribution in [0.4, 0.5) is 0 Å². The number of halogens is 2. The van der Waals surface area contributed by atoms with E-state index in [0.29, 0.717) is 24.0 Å². The summed E-state index contributed by atoms with van der Waals surface area (Å²) in [5.41, 5.74) is -0.764. The molecule has 46 heavy (non-hydrogen) atoms. The molecule has 0 N–H and O–H groups in total. The summed E-state index contributed by atoms with van der Waals surface area (Å²) in [6.45, 7) is 0. The molecule has 10 nitrogen and oxygen atoms in total. The zero-order valence-corrected chi connectivity index (χ0v) is 29.5. The Morgan fingerprint density at radius 1 is 0.630 bits per heavy atom. The Morgan fingerprint density at radius 3 is 1.24 bits per heavy atom. The normalized spacial score (nSPS) is 33.0. The molecular weight excluding hydrogens is 728 g/mol. The van der Waals surface area contributed by atoms with Gasteiger partial charge >= 0.3 is 23.9 Å². The van der Waals surface area contributed by atoms with Crippen LogP contribution >= 0.6 is 31.9 Å². The first-order valence-electron chi connectivity index (χ1n) is 15.4. The zero-order valence-electron chi connectivity index (χ0n) is 26.4. The molecule has 0 radical (unpaired) electrons. The third-order valence-corrected chi connectivity index (χ3v) is 12.6. The molecule has 0 aliphatic heterocycles. The van der Waals surface area contributed by atoms with Gasteiger partial charge in [-0.2, -0.15) is 0 Å². The fraction of sp³-hybridized carbons (Fsp3) is 0.588. The Hall–Kier alpha value is -2.86. The lowest BCUT2D eigenvalue weighted by atomic mass is 9.55. The van der Waals surface area contributed by atoms with E-state index in [4.69, 9.17) is 18.9 Å². The van der Waals surface area contributed by atoms with Crippen molar-refractivity contribution in [2.24, 2.45) is 33.5 Å². The van der Waals surface area contributed by atoms with Crippen molar-refractivity contribution in [2.75, 3.05) is 28.4 Å². The van der Waals surface area contributed by atoms with Gasteiger partial charge < -0.3 is 18.9 Å². The predicted molar refractivity (Wildman–Crippen MR) is 171 cm³/mol. The number of allylic oxidation sites excluding steroid dienone is 4. The van der Waals surface area contributed by atoms with Crippen molar-refractivity contribution in [3.8, 4) is 0 Å². The molecule has 0 aromatic heterocycles. The number of carbonyl (C=O) groups is 6. The van der Waals surface area contributed by atoms with Crippen LogP contribution in [0.3, 0.4) is 0 Å². The van der Waals surface area contributed by atoms with Crippen molar-refractivity contribution >= 4 is 67.3 Å². The second-order valence-corrected chi connectivity index (χ2v) is 13.7. The van der Waals surface area contributed by atoms with Crippen molar-refractivity contribution in [3.05, 3.63) is 44.4 Å². The first-order chi connectivity index (χ1) is 22.0. The van der Waals surface area contributed by atoms with E-state index < -0.39 is 45.5 Å². The molecule has 6 aliphatic carbocycles. The highest BCUT2D eigenvalue weighted by Crippen LogP contribution is 2.68. The summed E-state index contributed by atoms with van der Waals surface area (Å²) < 4.78 is 19.8. The Balaban J connectivity index is 0.000000181. The molecular formula is C34H38Br2O10. The van der Waals surface area contributed by atoms with Gasteiger partial charge in [0.05, 0.1) is 28.4 Å². The van der Waals surface area contributed by atoms with Crippen LogP contribution in [0, 0.1) is 33.5 Å². The molecule has 0 bridgehead atoms. The van der Waals surface area contributed by atoms with E-state index in [0.717, 1.165) is 49.7 Å². The van der Waals surface area contributed by atoms with E-state index in [-0.39, 0.29) is 36.2 Å². The van der Waals surface area contributed by atoms with Crippen molar-refractivity contribution < 1.29 is 47.7 Å². The van der Waals surface area contributed by atoms with Crippen LogP contribution in [0.15, 0.2) is 44.4 Å². The Bertz CT molecular complexity index is 1370. The predicted octanol–water partition coefficient (Wildman–Crippen LogP) is 5.37. The van der Waals surface area contributed by atoms with Gasteiger partial charge in [0.1, 0.15) is 0 Å². The van der Waals surface area contributed by atoms with Gasteiger partial charge in [-0.15, -0.1) is 0 Å². The lowest BCUT2D eigenvalue weighted by Crippen LogP contribution is -2.51. The monoisotopic (exact) mass is 764 g/mol. The minimum Gasteiger partial charge on any atom is -0.468 e. The van der Waals surface area contributed by atoms with Gasteiger partial charge in [0.15, 0.2) is 22.4 Å². The Labute approximate surface area is 284 Å². The minimum absolute atomic E-state index is 0.00318. The van der Waals surface area contributed by atoms with Crippen LogP contribution in [0.1, 0.15) is 64.2 Å². The number of methoxy groups -OCH3 is 4. The molecule has 6 rings (SSSR count). The maximum atomic E-state index is 12.6. The van der Waals surface area contributed by atoms with Gasteiger partial charge in [0.2, 0.25) is 0 Å². The van der Waals surface area contributed by atoms with Crippen LogP contribution < -0.4 is 0 Å². The van der Waals surface area contributed by atoms with Crippen molar-refractivity contribution in [1.82, 2.24) is 0 Å². The van der Waals surface area contributed by atoms with Crippen LogP contribution in [0.5, 0.6) is 0 Å². The van der Waals surface area contributed by atoms with Crippen molar-refractivity contribution in [2.45, 2.75) is 64.2 Å². The first-order valence-corrected chi connectivity index (χ1v) is 17.3. The summed E-state index contributed by atoms with van der Waals surface area (Å²) >= 11 is 6.82. The molecule has 12 heteroatoms. The van der Waals surface area contributed by atoms with E-state index in [1.165, 1.54) is 40.6 Å². The third-order valence-electron chi connectivity index (χ3n) is 11.5. The lowest BCUT2D eigenvalue weighted by molar-refractivity contribution is -0.170. The lowest BCUT2D eigenvalue weighted by Gasteiger charge is -2.46. The number of hydrogen-bond acceptors (Lipinski definition) is 10. The van der Waals surface area contributed by atoms with Gasteiger partial charge in [0.25, 0.3) is 0 Å². The van der Waals surface area contributed by atoms with Gasteiger partial charge in [-0.1, -0.05) is 55.8 Å². The molecule has 6 aliphatic rings. The number of hydrogen-bond donors (Lipinski definition) is 0. The van der Waals surface area contributed by atoms with Gasteiger partial charge in [-0.05, 0) is 84.6 Å². The summed E-state index contributed by atoms with van der Waals surface area (Å²) in [5.74, 6) is -2.90. The van der Waals surface area contributed by atoms with Gasteiger partial charge in [0, 0.05) is 22.7 Å². The van der Waals surface area contributed by atoms with E-state index >= 15 is 0 Å². The highest BCUT2D eigenvalue weighted by atomic mass is 79.9. The van der Waals surface area contributed by atoms with E-state index in [9.17, 15) is 28.8 Å². The Kier molecular flexibility index (Phi) is 9.47. The van der Waals surface area contributed by atoms with Gasteiger partial charge in [-0.3, -0.25) is 28.8 Å². The molecule has 4 atom stereocenters. The summed E-state index contributed by atoms with van der Waals surface area (Å²) in [5, 5.41) is 0. The average molecular weight is 766 g/mol. The Morgan fingerprint density at radius 2 is 0.957 bits per heavy atom. The summed E-state index contributed by atoms with van der Waals surface area (Å²) in [7, 11) is 5.05. The van der Waals surface area contributed by atoms with E-state index in [1.807, 2.05) is 9.97 Å². The fourth-order valence-corrected chi connectivity index (χ4v) is 10.9. The number of ketones is 2. The highest BCUT2D eigenvalue weighted by molar-refractivity contribution is 9.11. The quantitative estimate of drug-likeness (QED) is 0.209. The molecule has 0 saturated heterocycles. The van der Waals surface area contributed by atoms with Crippen molar-refractivity contribution in [3.63, 3.8) is 0 Å². The molecule has 2 spiro atoms. The van der Waals surface area contributed by atoms with Crippen LogP contribution in [-0.2, 0) is 47.7 Å². The summed E-state index contributed by atoms with van der Waals surface area (Å²) in [6.07, 6.45) is 9.53. The first kappa shape index (κ1) is 34.5. The topological polar surface area (TPSA) is 139 Å². The maximum Gasteiger partial charge on any atom is 0.327 e. The second-order valence-electron chi connectivity index (χ2n) is 12.8. The number of rotatable bonds is 4. The summed E-state index contributed by atoms with van der Waals surface area (Å²) in [6, 6.07) is 0. The molecule has 0 aromatic carbocycles. The van der Waals surface area contributed by atoms with E-state index in [2.05, 4.69) is 31.9 Å². The SMILES string of the molecule is COC(=O)C1(C(=O)OC)CC/C(=C/Br)[C@@]23CCC[C@@H]2C(=O)C=C13.COC(=O)C1(C(=O)OC)CC/C(=C/Br)[C@]23CCC[C@H]2C(=O)C=C13. The largest absolute Gasteiger partial charge is 0.468 e. The van der Waals surface area contributed by atoms with E-state index in [1.54, 1.807) is 0 Å². The van der Waals surface area contributed by atoms with Crippen LogP contribution in [0.25, 0.3) is 0 Å². The summed E-state index contributed by atoms with van der Waals surface area (Å²) in [4.78, 5) is 79.3. The standard InChI is InChI=1S/2C17H19BrO5/c2*1-22-14(20)17(15(21)23-2)7-5-10(9-18)16-6-3-4-11(16)12(19)8-13(16)17/h2*8-9,11H,3-7H2,1-2H3/b2*10-9-/t2*11-,16+/m10/s1. The molecule has 248 valence electrons.